The van der Waals surface area contributed by atoms with E-state index >= 15 is 0 Å². The summed E-state index contributed by atoms with van der Waals surface area (Å²) in [6.45, 7) is 2.25. The van der Waals surface area contributed by atoms with E-state index in [1.54, 1.807) is 6.21 Å². The summed E-state index contributed by atoms with van der Waals surface area (Å²) in [5.41, 5.74) is 3.92. The predicted octanol–water partition coefficient (Wildman–Crippen LogP) is 3.73. The minimum Gasteiger partial charge on any atom is -0.273 e. The molecule has 2 aliphatic rings. The standard InChI is InChI=1S/C16H19BrN2O/c1-16-8-3-2-7-13(16)14(16)15(20)19-18-10-11-5-4-6-12(17)9-11/h4-6,9-10,13-14H,2-3,7-8H2,1H3,(H,19,20)/b18-10-/t13-,14+,16+/m0/s1. The Labute approximate surface area is 128 Å². The molecule has 0 bridgehead atoms. The van der Waals surface area contributed by atoms with Crippen LogP contribution in [-0.4, -0.2) is 12.1 Å². The molecule has 0 unspecified atom stereocenters. The van der Waals surface area contributed by atoms with Crippen LogP contribution in [-0.2, 0) is 4.79 Å². The van der Waals surface area contributed by atoms with Crippen LogP contribution in [0, 0.1) is 17.3 Å². The average molecular weight is 335 g/mol. The molecular formula is C16H19BrN2O. The van der Waals surface area contributed by atoms with E-state index < -0.39 is 0 Å². The van der Waals surface area contributed by atoms with E-state index in [1.807, 2.05) is 24.3 Å². The van der Waals surface area contributed by atoms with Gasteiger partial charge in [0, 0.05) is 10.4 Å². The molecule has 0 spiro atoms. The van der Waals surface area contributed by atoms with Crippen LogP contribution in [0.25, 0.3) is 0 Å². The van der Waals surface area contributed by atoms with Crippen molar-refractivity contribution in [1.82, 2.24) is 5.43 Å². The third-order valence-electron chi connectivity index (χ3n) is 4.85. The van der Waals surface area contributed by atoms with Crippen LogP contribution in [0.4, 0.5) is 0 Å². The molecule has 3 atom stereocenters. The quantitative estimate of drug-likeness (QED) is 0.664. The van der Waals surface area contributed by atoms with Crippen molar-refractivity contribution in [3.8, 4) is 0 Å². The number of carbonyl (C=O) groups is 1. The fourth-order valence-electron chi connectivity index (χ4n) is 3.68. The molecule has 2 fully saturated rings. The largest absolute Gasteiger partial charge is 0.273 e. The van der Waals surface area contributed by atoms with Gasteiger partial charge in [-0.1, -0.05) is 47.8 Å². The van der Waals surface area contributed by atoms with E-state index in [0.717, 1.165) is 10.0 Å². The summed E-state index contributed by atoms with van der Waals surface area (Å²) in [7, 11) is 0. The first-order valence-corrected chi connectivity index (χ1v) is 7.99. The molecule has 0 radical (unpaired) electrons. The van der Waals surface area contributed by atoms with Crippen molar-refractivity contribution < 1.29 is 4.79 Å². The van der Waals surface area contributed by atoms with E-state index in [1.165, 1.54) is 25.7 Å². The second-order valence-corrected chi connectivity index (χ2v) is 7.04. The number of fused-ring (bicyclic) bond motifs is 1. The molecule has 1 aromatic rings. The lowest BCUT2D eigenvalue weighted by Gasteiger charge is -2.15. The zero-order chi connectivity index (χ0) is 14.2. The van der Waals surface area contributed by atoms with Crippen LogP contribution in [0.5, 0.6) is 0 Å². The van der Waals surface area contributed by atoms with Gasteiger partial charge in [-0.15, -0.1) is 0 Å². The number of benzene rings is 1. The summed E-state index contributed by atoms with van der Waals surface area (Å²) in [6, 6.07) is 7.84. The van der Waals surface area contributed by atoms with Gasteiger partial charge in [-0.3, -0.25) is 4.79 Å². The Morgan fingerprint density at radius 2 is 2.35 bits per heavy atom. The number of hydrazone groups is 1. The molecular weight excluding hydrogens is 316 g/mol. The number of rotatable bonds is 3. The van der Waals surface area contributed by atoms with Gasteiger partial charge in [-0.05, 0) is 41.9 Å². The van der Waals surface area contributed by atoms with Crippen molar-refractivity contribution in [3.63, 3.8) is 0 Å². The highest BCUT2D eigenvalue weighted by Gasteiger charge is 2.64. The molecule has 0 saturated heterocycles. The normalized spacial score (nSPS) is 31.9. The fourth-order valence-corrected chi connectivity index (χ4v) is 4.09. The Bertz CT molecular complexity index is 557. The van der Waals surface area contributed by atoms with Gasteiger partial charge in [0.1, 0.15) is 0 Å². The van der Waals surface area contributed by atoms with Crippen molar-refractivity contribution in [2.75, 3.05) is 0 Å². The minimum atomic E-state index is 0.0886. The van der Waals surface area contributed by atoms with Crippen LogP contribution in [0.3, 0.4) is 0 Å². The van der Waals surface area contributed by atoms with Crippen LogP contribution in [0.1, 0.15) is 38.2 Å². The van der Waals surface area contributed by atoms with E-state index in [4.69, 9.17) is 0 Å². The monoisotopic (exact) mass is 334 g/mol. The lowest BCUT2D eigenvalue weighted by atomic mass is 9.90. The van der Waals surface area contributed by atoms with Crippen LogP contribution in [0.15, 0.2) is 33.8 Å². The Morgan fingerprint density at radius 3 is 3.05 bits per heavy atom. The molecule has 3 nitrogen and oxygen atoms in total. The third kappa shape index (κ3) is 2.53. The van der Waals surface area contributed by atoms with Crippen LogP contribution in [0.2, 0.25) is 0 Å². The Hall–Kier alpha value is -1.16. The first kappa shape index (κ1) is 13.8. The first-order valence-electron chi connectivity index (χ1n) is 7.20. The van der Waals surface area contributed by atoms with Crippen molar-refractivity contribution >= 4 is 28.1 Å². The highest BCUT2D eigenvalue weighted by Crippen LogP contribution is 2.66. The summed E-state index contributed by atoms with van der Waals surface area (Å²) >= 11 is 3.42. The molecule has 106 valence electrons. The van der Waals surface area contributed by atoms with Crippen LogP contribution < -0.4 is 5.43 Å². The Kier molecular flexibility index (Phi) is 3.67. The maximum atomic E-state index is 12.2. The van der Waals surface area contributed by atoms with E-state index in [2.05, 4.69) is 33.4 Å². The number of hydrogen-bond acceptors (Lipinski definition) is 2. The fraction of sp³-hybridized carbons (Fsp3) is 0.500. The smallest absolute Gasteiger partial charge is 0.244 e. The van der Waals surface area contributed by atoms with E-state index in [0.29, 0.717) is 5.92 Å². The Balaban J connectivity index is 1.58. The van der Waals surface area contributed by atoms with E-state index in [-0.39, 0.29) is 17.2 Å². The summed E-state index contributed by atoms with van der Waals surface area (Å²) in [4.78, 5) is 12.2. The topological polar surface area (TPSA) is 41.5 Å². The molecule has 2 saturated carbocycles. The maximum Gasteiger partial charge on any atom is 0.244 e. The van der Waals surface area contributed by atoms with Gasteiger partial charge >= 0.3 is 0 Å². The predicted molar refractivity (Wildman–Crippen MR) is 83.4 cm³/mol. The van der Waals surface area contributed by atoms with Crippen LogP contribution >= 0.6 is 15.9 Å². The van der Waals surface area contributed by atoms with Gasteiger partial charge in [-0.2, -0.15) is 5.10 Å². The number of hydrogen-bond donors (Lipinski definition) is 1. The number of halogens is 1. The number of carbonyl (C=O) groups excluding carboxylic acids is 1. The zero-order valence-corrected chi connectivity index (χ0v) is 13.2. The lowest BCUT2D eigenvalue weighted by Crippen LogP contribution is -2.22. The average Bonchev–Trinajstić information content (AvgIpc) is 3.04. The molecule has 1 aromatic carbocycles. The third-order valence-corrected chi connectivity index (χ3v) is 5.34. The molecule has 1 N–H and O–H groups in total. The molecule has 1 amide bonds. The second kappa shape index (κ2) is 5.32. The number of amides is 1. The van der Waals surface area contributed by atoms with Crippen molar-refractivity contribution in [2.24, 2.45) is 22.4 Å². The molecule has 4 heteroatoms. The SMILES string of the molecule is C[C@@]12CCCC[C@H]1[C@@H]2C(=O)N/N=C\c1cccc(Br)c1. The molecule has 20 heavy (non-hydrogen) atoms. The van der Waals surface area contributed by atoms with Gasteiger partial charge in [0.15, 0.2) is 0 Å². The van der Waals surface area contributed by atoms with Gasteiger partial charge in [0.25, 0.3) is 0 Å². The van der Waals surface area contributed by atoms with Gasteiger partial charge < -0.3 is 0 Å². The number of nitrogens with one attached hydrogen (secondary N) is 1. The summed E-state index contributed by atoms with van der Waals surface area (Å²) < 4.78 is 1.01. The van der Waals surface area contributed by atoms with Gasteiger partial charge in [0.2, 0.25) is 5.91 Å². The molecule has 2 aliphatic carbocycles. The second-order valence-electron chi connectivity index (χ2n) is 6.13. The Morgan fingerprint density at radius 1 is 1.50 bits per heavy atom. The van der Waals surface area contributed by atoms with E-state index in [9.17, 15) is 4.79 Å². The van der Waals surface area contributed by atoms with Crippen molar-refractivity contribution in [2.45, 2.75) is 32.6 Å². The zero-order valence-electron chi connectivity index (χ0n) is 11.6. The summed E-state index contributed by atoms with van der Waals surface area (Å²) in [5.74, 6) is 0.840. The lowest BCUT2D eigenvalue weighted by molar-refractivity contribution is -0.123. The maximum absolute atomic E-state index is 12.2. The van der Waals surface area contributed by atoms with Gasteiger partial charge in [-0.25, -0.2) is 5.43 Å². The first-order chi connectivity index (χ1) is 9.61. The number of nitrogens with zero attached hydrogens (tertiary/aromatic N) is 1. The van der Waals surface area contributed by atoms with Gasteiger partial charge in [0.05, 0.1) is 6.21 Å². The summed E-state index contributed by atoms with van der Waals surface area (Å²) in [5, 5.41) is 4.09. The van der Waals surface area contributed by atoms with Crippen molar-refractivity contribution in [3.05, 3.63) is 34.3 Å². The summed E-state index contributed by atoms with van der Waals surface area (Å²) in [6.07, 6.45) is 6.61. The highest BCUT2D eigenvalue weighted by molar-refractivity contribution is 9.10. The molecule has 0 aliphatic heterocycles. The van der Waals surface area contributed by atoms with Crippen molar-refractivity contribution in [1.29, 1.82) is 0 Å². The molecule has 0 aromatic heterocycles. The minimum absolute atomic E-state index is 0.0886. The molecule has 3 rings (SSSR count). The molecule has 0 heterocycles. The highest BCUT2D eigenvalue weighted by atomic mass is 79.9.